The number of guanidine groups is 1. The minimum Gasteiger partial charge on any atom is -0.370 e. The van der Waals surface area contributed by atoms with Crippen molar-refractivity contribution in [1.82, 2.24) is 25.4 Å². The monoisotopic (exact) mass is 411 g/mol. The molecular weight excluding hydrogens is 374 g/mol. The molecule has 1 saturated carbocycles. The summed E-state index contributed by atoms with van der Waals surface area (Å²) in [5.74, 6) is 2.67. The van der Waals surface area contributed by atoms with Gasteiger partial charge < -0.3 is 20.1 Å². The van der Waals surface area contributed by atoms with Crippen LogP contribution < -0.4 is 15.5 Å². The van der Waals surface area contributed by atoms with Gasteiger partial charge in [0.2, 0.25) is 0 Å². The van der Waals surface area contributed by atoms with E-state index in [-0.39, 0.29) is 0 Å². The molecule has 30 heavy (non-hydrogen) atoms. The van der Waals surface area contributed by atoms with Gasteiger partial charge >= 0.3 is 0 Å². The van der Waals surface area contributed by atoms with E-state index in [0.717, 1.165) is 37.2 Å². The van der Waals surface area contributed by atoms with Gasteiger partial charge in [-0.1, -0.05) is 31.4 Å². The average Bonchev–Trinajstić information content (AvgIpc) is 3.07. The lowest BCUT2D eigenvalue weighted by atomic mass is 9.96. The number of aryl methyl sites for hydroxylation is 2. The molecule has 3 rings (SSSR count). The van der Waals surface area contributed by atoms with E-state index in [1.807, 2.05) is 18.5 Å². The maximum atomic E-state index is 4.82. The Kier molecular flexibility index (Phi) is 8.11. The standard InChI is InChI=1S/C23H37N7/c1-5-30(21-13-9-10-18(2)16-21)15-14-24-23(26-20-11-7-6-8-12-20)25-17-22-28-27-19(3)29(22)4/h9-10,13,16,20H,5-8,11-12,14-15,17H2,1-4H3,(H2,24,25,26). The van der Waals surface area contributed by atoms with Gasteiger partial charge in [-0.15, -0.1) is 10.2 Å². The molecule has 0 aliphatic heterocycles. The Balaban J connectivity index is 1.62. The van der Waals surface area contributed by atoms with E-state index in [1.54, 1.807) is 0 Å². The van der Waals surface area contributed by atoms with Crippen molar-refractivity contribution in [3.63, 3.8) is 0 Å². The quantitative estimate of drug-likeness (QED) is 0.515. The summed E-state index contributed by atoms with van der Waals surface area (Å²) in [5, 5.41) is 15.6. The fourth-order valence-corrected chi connectivity index (χ4v) is 3.94. The third-order valence-corrected chi connectivity index (χ3v) is 5.93. The largest absolute Gasteiger partial charge is 0.370 e. The van der Waals surface area contributed by atoms with Crippen LogP contribution in [-0.4, -0.2) is 46.4 Å². The zero-order valence-corrected chi connectivity index (χ0v) is 19.0. The third-order valence-electron chi connectivity index (χ3n) is 5.93. The number of likely N-dealkylation sites (N-methyl/N-ethyl adjacent to an activating group) is 1. The summed E-state index contributed by atoms with van der Waals surface area (Å²) in [4.78, 5) is 7.22. The summed E-state index contributed by atoms with van der Waals surface area (Å²) in [5.41, 5.74) is 2.56. The molecule has 1 aromatic carbocycles. The van der Waals surface area contributed by atoms with Crippen molar-refractivity contribution < 1.29 is 0 Å². The Bertz CT molecular complexity index is 821. The SMILES string of the molecule is CCN(CCNC(=NCc1nnc(C)n1C)NC1CCCCC1)c1cccc(C)c1. The number of nitrogens with zero attached hydrogens (tertiary/aromatic N) is 5. The lowest BCUT2D eigenvalue weighted by molar-refractivity contribution is 0.410. The second-order valence-electron chi connectivity index (χ2n) is 8.21. The van der Waals surface area contributed by atoms with Crippen LogP contribution in [0, 0.1) is 13.8 Å². The van der Waals surface area contributed by atoms with Crippen LogP contribution in [0.3, 0.4) is 0 Å². The van der Waals surface area contributed by atoms with Crippen LogP contribution in [0.15, 0.2) is 29.3 Å². The van der Waals surface area contributed by atoms with E-state index in [4.69, 9.17) is 4.99 Å². The number of rotatable bonds is 8. The molecule has 1 aliphatic carbocycles. The molecule has 7 nitrogen and oxygen atoms in total. The number of anilines is 1. The zero-order valence-electron chi connectivity index (χ0n) is 19.0. The average molecular weight is 412 g/mol. The summed E-state index contributed by atoms with van der Waals surface area (Å²) in [6, 6.07) is 9.20. The predicted octanol–water partition coefficient (Wildman–Crippen LogP) is 3.33. The molecule has 0 unspecified atom stereocenters. The molecule has 1 aliphatic rings. The van der Waals surface area contributed by atoms with Gasteiger partial charge in [-0.2, -0.15) is 0 Å². The summed E-state index contributed by atoms with van der Waals surface area (Å²) >= 11 is 0. The maximum Gasteiger partial charge on any atom is 0.191 e. The molecule has 0 bridgehead atoms. The van der Waals surface area contributed by atoms with Crippen LogP contribution in [0.5, 0.6) is 0 Å². The zero-order chi connectivity index (χ0) is 21.3. The van der Waals surface area contributed by atoms with Gasteiger partial charge in [0.05, 0.1) is 0 Å². The van der Waals surface area contributed by atoms with Crippen molar-refractivity contribution in [1.29, 1.82) is 0 Å². The highest BCUT2D eigenvalue weighted by Crippen LogP contribution is 2.17. The molecule has 7 heteroatoms. The molecule has 0 atom stereocenters. The van der Waals surface area contributed by atoms with Crippen LogP contribution in [0.25, 0.3) is 0 Å². The minimum atomic E-state index is 0.505. The van der Waals surface area contributed by atoms with E-state index < -0.39 is 0 Å². The van der Waals surface area contributed by atoms with Crippen molar-refractivity contribution in [3.8, 4) is 0 Å². The summed E-state index contributed by atoms with van der Waals surface area (Å²) < 4.78 is 2.00. The number of aliphatic imine (C=N–C) groups is 1. The van der Waals surface area contributed by atoms with Gasteiger partial charge in [0.1, 0.15) is 12.4 Å². The van der Waals surface area contributed by atoms with E-state index in [1.165, 1.54) is 43.4 Å². The Labute approximate surface area is 181 Å². The van der Waals surface area contributed by atoms with Gasteiger partial charge in [0, 0.05) is 38.4 Å². The molecule has 2 N–H and O–H groups in total. The lowest BCUT2D eigenvalue weighted by Gasteiger charge is -2.27. The molecule has 1 fully saturated rings. The smallest absolute Gasteiger partial charge is 0.191 e. The molecule has 0 radical (unpaired) electrons. The predicted molar refractivity (Wildman–Crippen MR) is 124 cm³/mol. The van der Waals surface area contributed by atoms with Crippen LogP contribution >= 0.6 is 0 Å². The van der Waals surface area contributed by atoms with E-state index in [2.05, 4.69) is 63.8 Å². The molecule has 164 valence electrons. The van der Waals surface area contributed by atoms with Crippen LogP contribution in [0.1, 0.15) is 56.2 Å². The fraction of sp³-hybridized carbons (Fsp3) is 0.609. The molecular formula is C23H37N7. The topological polar surface area (TPSA) is 70.4 Å². The second kappa shape index (κ2) is 11.0. The van der Waals surface area contributed by atoms with E-state index >= 15 is 0 Å². The Hall–Kier alpha value is -2.57. The molecule has 1 heterocycles. The summed E-state index contributed by atoms with van der Waals surface area (Å²) in [6.45, 7) is 9.56. The first-order chi connectivity index (χ1) is 14.6. The van der Waals surface area contributed by atoms with Crippen molar-refractivity contribution in [2.45, 2.75) is 65.5 Å². The first-order valence-corrected chi connectivity index (χ1v) is 11.3. The Morgan fingerprint density at radius 1 is 1.20 bits per heavy atom. The number of benzene rings is 1. The van der Waals surface area contributed by atoms with Gasteiger partial charge in [0.25, 0.3) is 0 Å². The number of hydrogen-bond donors (Lipinski definition) is 2. The van der Waals surface area contributed by atoms with E-state index in [0.29, 0.717) is 12.6 Å². The van der Waals surface area contributed by atoms with Crippen molar-refractivity contribution in [2.75, 3.05) is 24.5 Å². The molecule has 1 aromatic heterocycles. The maximum absolute atomic E-state index is 4.82. The van der Waals surface area contributed by atoms with Gasteiger partial charge in [0.15, 0.2) is 11.8 Å². The molecule has 2 aromatic rings. The fourth-order valence-electron chi connectivity index (χ4n) is 3.94. The van der Waals surface area contributed by atoms with Gasteiger partial charge in [-0.3, -0.25) is 0 Å². The van der Waals surface area contributed by atoms with Crippen molar-refractivity contribution in [2.24, 2.45) is 12.0 Å². The number of hydrogen-bond acceptors (Lipinski definition) is 4. The van der Waals surface area contributed by atoms with Crippen molar-refractivity contribution in [3.05, 3.63) is 41.5 Å². The minimum absolute atomic E-state index is 0.505. The normalized spacial score (nSPS) is 15.3. The van der Waals surface area contributed by atoms with Gasteiger partial charge in [-0.25, -0.2) is 4.99 Å². The lowest BCUT2D eigenvalue weighted by Crippen LogP contribution is -2.46. The van der Waals surface area contributed by atoms with E-state index in [9.17, 15) is 0 Å². The first kappa shape index (κ1) is 22.1. The molecule has 0 amide bonds. The second-order valence-corrected chi connectivity index (χ2v) is 8.21. The highest BCUT2D eigenvalue weighted by atomic mass is 15.3. The number of aromatic nitrogens is 3. The molecule has 0 saturated heterocycles. The summed E-state index contributed by atoms with van der Waals surface area (Å²) in [6.07, 6.45) is 6.37. The molecule has 0 spiro atoms. The van der Waals surface area contributed by atoms with Gasteiger partial charge in [-0.05, 0) is 51.3 Å². The highest BCUT2D eigenvalue weighted by Gasteiger charge is 2.15. The van der Waals surface area contributed by atoms with Crippen LogP contribution in [-0.2, 0) is 13.6 Å². The Morgan fingerprint density at radius 3 is 2.67 bits per heavy atom. The summed E-state index contributed by atoms with van der Waals surface area (Å²) in [7, 11) is 1.99. The first-order valence-electron chi connectivity index (χ1n) is 11.3. The van der Waals surface area contributed by atoms with Crippen LogP contribution in [0.2, 0.25) is 0 Å². The Morgan fingerprint density at radius 2 is 2.00 bits per heavy atom. The number of nitrogens with one attached hydrogen (secondary N) is 2. The highest BCUT2D eigenvalue weighted by molar-refractivity contribution is 5.80. The third kappa shape index (κ3) is 6.21. The van der Waals surface area contributed by atoms with Crippen molar-refractivity contribution >= 4 is 11.6 Å². The van der Waals surface area contributed by atoms with Crippen LogP contribution in [0.4, 0.5) is 5.69 Å².